The van der Waals surface area contributed by atoms with Crippen LogP contribution < -0.4 is 5.32 Å². The van der Waals surface area contributed by atoms with Crippen LogP contribution in [-0.4, -0.2) is 21.0 Å². The molecular formula is C25H20FN3O2S. The van der Waals surface area contributed by atoms with Gasteiger partial charge >= 0.3 is 5.97 Å². The molecule has 2 N–H and O–H groups in total. The topological polar surface area (TPSA) is 75.1 Å². The molecule has 7 heteroatoms. The van der Waals surface area contributed by atoms with Crippen molar-refractivity contribution in [2.75, 3.05) is 5.32 Å². The maximum absolute atomic E-state index is 14.7. The molecule has 0 aliphatic carbocycles. The molecule has 0 aliphatic heterocycles. The fraction of sp³-hybridized carbons (Fsp3) is 0.0800. The monoisotopic (exact) mass is 445 g/mol. The number of hydrogen-bond acceptors (Lipinski definition) is 5. The summed E-state index contributed by atoms with van der Waals surface area (Å²) < 4.78 is 14.7. The van der Waals surface area contributed by atoms with Crippen LogP contribution in [0.4, 0.5) is 10.2 Å². The van der Waals surface area contributed by atoms with E-state index in [2.05, 4.69) is 15.3 Å². The summed E-state index contributed by atoms with van der Waals surface area (Å²) in [5.41, 5.74) is 2.74. The largest absolute Gasteiger partial charge is 0.477 e. The first-order valence-corrected chi connectivity index (χ1v) is 10.8. The number of carboxylic acids is 1. The fourth-order valence-corrected chi connectivity index (χ4v) is 3.87. The number of aromatic nitrogens is 2. The van der Waals surface area contributed by atoms with Gasteiger partial charge in [-0.3, -0.25) is 0 Å². The lowest BCUT2D eigenvalue weighted by Crippen LogP contribution is -2.14. The van der Waals surface area contributed by atoms with E-state index in [4.69, 9.17) is 0 Å². The Morgan fingerprint density at radius 2 is 1.94 bits per heavy atom. The second kappa shape index (κ2) is 9.53. The molecule has 0 radical (unpaired) electrons. The number of halogens is 1. The lowest BCUT2D eigenvalue weighted by molar-refractivity contribution is -0.132. The van der Waals surface area contributed by atoms with Gasteiger partial charge in [0.25, 0.3) is 0 Å². The van der Waals surface area contributed by atoms with Crippen molar-refractivity contribution in [2.45, 2.75) is 13.3 Å². The van der Waals surface area contributed by atoms with Crippen LogP contribution in [0, 0.1) is 12.7 Å². The Kier molecular flexibility index (Phi) is 6.37. The molecule has 0 bridgehead atoms. The van der Waals surface area contributed by atoms with E-state index in [1.165, 1.54) is 17.5 Å². The number of rotatable bonds is 7. The third-order valence-electron chi connectivity index (χ3n) is 4.84. The van der Waals surface area contributed by atoms with Crippen molar-refractivity contribution in [3.8, 4) is 11.3 Å². The molecule has 2 aromatic carbocycles. The second-order valence-electron chi connectivity index (χ2n) is 7.15. The van der Waals surface area contributed by atoms with E-state index in [0.29, 0.717) is 34.8 Å². The van der Waals surface area contributed by atoms with E-state index in [1.807, 2.05) is 47.8 Å². The molecule has 0 amide bonds. The average Bonchev–Trinajstić information content (AvgIpc) is 3.30. The lowest BCUT2D eigenvalue weighted by Gasteiger charge is -2.13. The van der Waals surface area contributed by atoms with Crippen molar-refractivity contribution in [1.82, 2.24) is 9.97 Å². The summed E-state index contributed by atoms with van der Waals surface area (Å²) in [7, 11) is 0. The number of carbonyl (C=O) groups is 1. The molecule has 0 unspecified atom stereocenters. The molecule has 0 saturated heterocycles. The highest BCUT2D eigenvalue weighted by Gasteiger charge is 2.17. The Hall–Kier alpha value is -3.84. The van der Waals surface area contributed by atoms with Crippen molar-refractivity contribution in [2.24, 2.45) is 0 Å². The molecule has 32 heavy (non-hydrogen) atoms. The zero-order valence-corrected chi connectivity index (χ0v) is 18.1. The number of aryl methyl sites for hydroxylation is 1. The van der Waals surface area contributed by atoms with Crippen LogP contribution in [0.2, 0.25) is 0 Å². The maximum atomic E-state index is 14.7. The van der Waals surface area contributed by atoms with Crippen LogP contribution in [0.5, 0.6) is 0 Å². The molecule has 0 atom stereocenters. The molecule has 2 heterocycles. The molecule has 4 rings (SSSR count). The first kappa shape index (κ1) is 21.4. The third kappa shape index (κ3) is 4.90. The quantitative estimate of drug-likeness (QED) is 0.353. The Morgan fingerprint density at radius 1 is 1.12 bits per heavy atom. The van der Waals surface area contributed by atoms with E-state index in [9.17, 15) is 14.3 Å². The molecule has 0 saturated carbocycles. The van der Waals surface area contributed by atoms with Crippen molar-refractivity contribution in [1.29, 1.82) is 0 Å². The van der Waals surface area contributed by atoms with Crippen LogP contribution >= 0.6 is 11.3 Å². The Bertz CT molecular complexity index is 1270. The molecule has 0 aliphatic rings. The summed E-state index contributed by atoms with van der Waals surface area (Å²) in [6.45, 7) is 1.70. The number of nitrogens with one attached hydrogen (secondary N) is 1. The van der Waals surface area contributed by atoms with Crippen molar-refractivity contribution in [3.63, 3.8) is 0 Å². The van der Waals surface area contributed by atoms with Gasteiger partial charge in [-0.1, -0.05) is 48.5 Å². The minimum atomic E-state index is -1.11. The first-order chi connectivity index (χ1) is 15.5. The van der Waals surface area contributed by atoms with Crippen molar-refractivity contribution < 1.29 is 14.3 Å². The summed E-state index contributed by atoms with van der Waals surface area (Å²) in [6, 6.07) is 18.4. The Morgan fingerprint density at radius 3 is 2.66 bits per heavy atom. The van der Waals surface area contributed by atoms with E-state index in [1.54, 1.807) is 31.2 Å². The van der Waals surface area contributed by atoms with Crippen LogP contribution in [0.1, 0.15) is 21.7 Å². The van der Waals surface area contributed by atoms with Crippen LogP contribution in [0.25, 0.3) is 17.3 Å². The summed E-state index contributed by atoms with van der Waals surface area (Å²) in [6.07, 6.45) is 3.41. The van der Waals surface area contributed by atoms with Crippen molar-refractivity contribution >= 4 is 29.2 Å². The van der Waals surface area contributed by atoms with Gasteiger partial charge in [-0.25, -0.2) is 19.2 Å². The SMILES string of the molecule is Cc1cccc(-c2cnc(N/C(=C\c3cccs3)C(=O)O)c(Cc3ccccc3)n2)c1F. The highest BCUT2D eigenvalue weighted by molar-refractivity contribution is 7.10. The van der Waals surface area contributed by atoms with Gasteiger partial charge < -0.3 is 10.4 Å². The molecular weight excluding hydrogens is 425 g/mol. The highest BCUT2D eigenvalue weighted by atomic mass is 32.1. The van der Waals surface area contributed by atoms with Gasteiger partial charge in [0.05, 0.1) is 17.6 Å². The number of anilines is 1. The summed E-state index contributed by atoms with van der Waals surface area (Å²) in [4.78, 5) is 21.7. The maximum Gasteiger partial charge on any atom is 0.352 e. The third-order valence-corrected chi connectivity index (χ3v) is 5.66. The Balaban J connectivity index is 1.77. The van der Waals surface area contributed by atoms with Crippen molar-refractivity contribution in [3.05, 3.63) is 105 Å². The lowest BCUT2D eigenvalue weighted by atomic mass is 10.1. The Labute approximate surface area is 188 Å². The number of carboxylic acid groups (broad SMARTS) is 1. The number of nitrogens with zero attached hydrogens (tertiary/aromatic N) is 2. The molecule has 160 valence electrons. The minimum absolute atomic E-state index is 0.0226. The zero-order chi connectivity index (χ0) is 22.5. The number of thiophene rings is 1. The number of hydrogen-bond donors (Lipinski definition) is 2. The fourth-order valence-electron chi connectivity index (χ4n) is 3.21. The summed E-state index contributed by atoms with van der Waals surface area (Å²) >= 11 is 1.43. The molecule has 2 aromatic heterocycles. The van der Waals surface area contributed by atoms with Gasteiger partial charge in [0.15, 0.2) is 5.82 Å². The van der Waals surface area contributed by atoms with E-state index >= 15 is 0 Å². The normalized spacial score (nSPS) is 11.4. The molecule has 4 aromatic rings. The number of benzene rings is 2. The van der Waals surface area contributed by atoms with Gasteiger partial charge in [-0.15, -0.1) is 11.3 Å². The zero-order valence-electron chi connectivity index (χ0n) is 17.2. The van der Waals surface area contributed by atoms with Gasteiger partial charge in [0, 0.05) is 16.9 Å². The highest BCUT2D eigenvalue weighted by Crippen LogP contribution is 2.26. The van der Waals surface area contributed by atoms with Crippen LogP contribution in [-0.2, 0) is 11.2 Å². The smallest absolute Gasteiger partial charge is 0.352 e. The summed E-state index contributed by atoms with van der Waals surface area (Å²) in [5.74, 6) is -1.15. The van der Waals surface area contributed by atoms with Gasteiger partial charge in [-0.2, -0.15) is 0 Å². The van der Waals surface area contributed by atoms with E-state index < -0.39 is 5.97 Å². The molecule has 0 spiro atoms. The van der Waals surface area contributed by atoms with Gasteiger partial charge in [0.1, 0.15) is 11.5 Å². The van der Waals surface area contributed by atoms with E-state index in [0.717, 1.165) is 10.4 Å². The molecule has 0 fully saturated rings. The van der Waals surface area contributed by atoms with Crippen LogP contribution in [0.15, 0.2) is 77.9 Å². The predicted molar refractivity (Wildman–Crippen MR) is 125 cm³/mol. The molecule has 5 nitrogen and oxygen atoms in total. The second-order valence-corrected chi connectivity index (χ2v) is 8.13. The van der Waals surface area contributed by atoms with Gasteiger partial charge in [0.2, 0.25) is 0 Å². The van der Waals surface area contributed by atoms with Gasteiger partial charge in [-0.05, 0) is 41.6 Å². The predicted octanol–water partition coefficient (Wildman–Crippen LogP) is 5.78. The minimum Gasteiger partial charge on any atom is -0.477 e. The van der Waals surface area contributed by atoms with Crippen LogP contribution in [0.3, 0.4) is 0 Å². The number of aliphatic carboxylic acids is 1. The summed E-state index contributed by atoms with van der Waals surface area (Å²) in [5, 5.41) is 14.5. The van der Waals surface area contributed by atoms with E-state index in [-0.39, 0.29) is 11.5 Å². The average molecular weight is 446 g/mol. The first-order valence-electron chi connectivity index (χ1n) is 9.92. The standard InChI is InChI=1S/C25H20FN3O2S/c1-16-7-5-11-19(23(16)26)22-15-27-24(20(28-22)13-17-8-3-2-4-9-17)29-21(25(30)31)14-18-10-6-12-32-18/h2-12,14-15H,13H2,1H3,(H,27,29)(H,30,31)/b21-14-.